The van der Waals surface area contributed by atoms with Gasteiger partial charge in [0.2, 0.25) is 0 Å². The molecule has 0 heterocycles. The van der Waals surface area contributed by atoms with Gasteiger partial charge < -0.3 is 15.3 Å². The Morgan fingerprint density at radius 1 is 1.00 bits per heavy atom. The molecule has 0 aromatic rings. The van der Waals surface area contributed by atoms with E-state index in [-0.39, 0.29) is 42.2 Å². The monoisotopic (exact) mass is 331 g/mol. The molecule has 1 radical (unpaired) electrons. The molecular formula is C6H14AuO3. The Kier molecular flexibility index (Phi) is 8.38. The van der Waals surface area contributed by atoms with Gasteiger partial charge >= 0.3 is 0 Å². The Hall–Kier alpha value is 0.620. The quantitative estimate of drug-likeness (QED) is 0.601. The second kappa shape index (κ2) is 6.34. The van der Waals surface area contributed by atoms with E-state index in [1.54, 1.807) is 0 Å². The molecule has 0 saturated carbocycles. The maximum atomic E-state index is 8.66. The molecule has 0 aromatic heterocycles. The number of hydrogen-bond donors (Lipinski definition) is 3. The third-order valence-electron chi connectivity index (χ3n) is 1.76. The molecule has 0 atom stereocenters. The van der Waals surface area contributed by atoms with Crippen LogP contribution in [0.25, 0.3) is 0 Å². The molecule has 0 spiro atoms. The summed E-state index contributed by atoms with van der Waals surface area (Å²) in [4.78, 5) is 0. The van der Waals surface area contributed by atoms with Gasteiger partial charge in [0.1, 0.15) is 0 Å². The van der Waals surface area contributed by atoms with E-state index in [1.165, 1.54) is 0 Å². The predicted octanol–water partition coefficient (Wildman–Crippen LogP) is -0.643. The maximum Gasteiger partial charge on any atom is 0.0531 e. The number of rotatable bonds is 4. The van der Waals surface area contributed by atoms with Crippen molar-refractivity contribution in [3.05, 3.63) is 0 Å². The fourth-order valence-corrected chi connectivity index (χ4v) is 0.485. The second-order valence-electron chi connectivity index (χ2n) is 2.33. The molecule has 0 aromatic carbocycles. The minimum Gasteiger partial charge on any atom is -0.396 e. The van der Waals surface area contributed by atoms with Crippen molar-refractivity contribution < 1.29 is 37.7 Å². The van der Waals surface area contributed by atoms with E-state index in [0.717, 1.165) is 0 Å². The fraction of sp³-hybridized carbons (Fsp3) is 1.00. The molecule has 0 aliphatic carbocycles. The minimum absolute atomic E-state index is 0. The summed E-state index contributed by atoms with van der Waals surface area (Å²) in [6.07, 6.45) is 0.594. The van der Waals surface area contributed by atoms with Crippen LogP contribution in [0.5, 0.6) is 0 Å². The van der Waals surface area contributed by atoms with Crippen LogP contribution in [0, 0.1) is 5.41 Å². The third kappa shape index (κ3) is 3.14. The molecule has 0 amide bonds. The van der Waals surface area contributed by atoms with Gasteiger partial charge in [-0.05, 0) is 6.42 Å². The summed E-state index contributed by atoms with van der Waals surface area (Å²) in [5, 5.41) is 26.0. The van der Waals surface area contributed by atoms with E-state index in [4.69, 9.17) is 15.3 Å². The summed E-state index contributed by atoms with van der Waals surface area (Å²) in [7, 11) is 0. The number of hydrogen-bond acceptors (Lipinski definition) is 3. The van der Waals surface area contributed by atoms with Crippen molar-refractivity contribution in [1.82, 2.24) is 0 Å². The van der Waals surface area contributed by atoms with E-state index < -0.39 is 5.41 Å². The van der Waals surface area contributed by atoms with Gasteiger partial charge in [-0.1, -0.05) is 6.92 Å². The van der Waals surface area contributed by atoms with Crippen LogP contribution in [0.15, 0.2) is 0 Å². The van der Waals surface area contributed by atoms with Crippen LogP contribution in [-0.2, 0) is 22.4 Å². The summed E-state index contributed by atoms with van der Waals surface area (Å²) < 4.78 is 0. The zero-order chi connectivity index (χ0) is 7.33. The van der Waals surface area contributed by atoms with Gasteiger partial charge in [-0.15, -0.1) is 0 Å². The van der Waals surface area contributed by atoms with E-state index in [0.29, 0.717) is 6.42 Å². The normalized spacial score (nSPS) is 10.8. The molecule has 0 bridgehead atoms. The zero-order valence-electron chi connectivity index (χ0n) is 5.97. The maximum absolute atomic E-state index is 8.66. The van der Waals surface area contributed by atoms with Crippen LogP contribution in [-0.4, -0.2) is 35.1 Å². The third-order valence-corrected chi connectivity index (χ3v) is 1.76. The van der Waals surface area contributed by atoms with Crippen molar-refractivity contribution in [2.75, 3.05) is 19.8 Å². The molecule has 0 unspecified atom stereocenters. The summed E-state index contributed by atoms with van der Waals surface area (Å²) in [5.41, 5.74) is -0.667. The molecule has 3 N–H and O–H groups in total. The van der Waals surface area contributed by atoms with Crippen LogP contribution < -0.4 is 0 Å². The first-order valence-corrected chi connectivity index (χ1v) is 3.07. The van der Waals surface area contributed by atoms with Crippen LogP contribution in [0.3, 0.4) is 0 Å². The summed E-state index contributed by atoms with van der Waals surface area (Å²) in [6.45, 7) is 1.35. The molecule has 0 aliphatic heterocycles. The molecule has 67 valence electrons. The first kappa shape index (κ1) is 13.2. The Morgan fingerprint density at radius 3 is 1.30 bits per heavy atom. The summed E-state index contributed by atoms with van der Waals surface area (Å²) in [5.74, 6) is 0. The van der Waals surface area contributed by atoms with Crippen molar-refractivity contribution in [1.29, 1.82) is 0 Å². The predicted molar refractivity (Wildman–Crippen MR) is 34.0 cm³/mol. The van der Waals surface area contributed by atoms with E-state index in [9.17, 15) is 0 Å². The van der Waals surface area contributed by atoms with Crippen LogP contribution in [0.1, 0.15) is 13.3 Å². The number of aliphatic hydroxyl groups is 3. The van der Waals surface area contributed by atoms with Crippen LogP contribution in [0.4, 0.5) is 0 Å². The van der Waals surface area contributed by atoms with Crippen molar-refractivity contribution in [2.24, 2.45) is 5.41 Å². The van der Waals surface area contributed by atoms with E-state index >= 15 is 0 Å². The zero-order valence-corrected chi connectivity index (χ0v) is 8.14. The Labute approximate surface area is 76.6 Å². The summed E-state index contributed by atoms with van der Waals surface area (Å²) in [6, 6.07) is 0. The smallest absolute Gasteiger partial charge is 0.0531 e. The van der Waals surface area contributed by atoms with Gasteiger partial charge in [-0.3, -0.25) is 0 Å². The van der Waals surface area contributed by atoms with E-state index in [2.05, 4.69) is 0 Å². The molecule has 0 rings (SSSR count). The SMILES string of the molecule is CCC(CO)(CO)CO.[Au]. The molecular weight excluding hydrogens is 317 g/mol. The fourth-order valence-electron chi connectivity index (χ4n) is 0.485. The van der Waals surface area contributed by atoms with Crippen molar-refractivity contribution in [2.45, 2.75) is 13.3 Å². The molecule has 3 nitrogen and oxygen atoms in total. The molecule has 0 saturated heterocycles. The minimum atomic E-state index is -0.667. The first-order chi connectivity index (χ1) is 4.24. The average Bonchev–Trinajstić information content (AvgIpc) is 1.95. The van der Waals surface area contributed by atoms with Crippen molar-refractivity contribution in [3.8, 4) is 0 Å². The molecule has 0 aliphatic rings. The Morgan fingerprint density at radius 2 is 1.30 bits per heavy atom. The van der Waals surface area contributed by atoms with Crippen molar-refractivity contribution in [3.63, 3.8) is 0 Å². The Bertz CT molecular complexity index is 55.9. The van der Waals surface area contributed by atoms with E-state index in [1.807, 2.05) is 6.92 Å². The van der Waals surface area contributed by atoms with Crippen LogP contribution >= 0.6 is 0 Å². The standard InChI is InChI=1S/C6H14O3.Au/c1-2-6(3-7,4-8)5-9;/h7-9H,2-5H2,1H3;. The molecule has 10 heavy (non-hydrogen) atoms. The van der Waals surface area contributed by atoms with Gasteiger partial charge in [-0.25, -0.2) is 0 Å². The number of aliphatic hydroxyl groups excluding tert-OH is 3. The average molecular weight is 331 g/mol. The molecule has 0 fully saturated rings. The topological polar surface area (TPSA) is 60.7 Å². The summed E-state index contributed by atoms with van der Waals surface area (Å²) >= 11 is 0. The van der Waals surface area contributed by atoms with Gasteiger partial charge in [0.05, 0.1) is 19.8 Å². The van der Waals surface area contributed by atoms with Gasteiger partial charge in [0.25, 0.3) is 0 Å². The van der Waals surface area contributed by atoms with Gasteiger partial charge in [-0.2, -0.15) is 0 Å². The van der Waals surface area contributed by atoms with Gasteiger partial charge in [0, 0.05) is 27.8 Å². The first-order valence-electron chi connectivity index (χ1n) is 3.07. The molecule has 4 heteroatoms. The van der Waals surface area contributed by atoms with Gasteiger partial charge in [0.15, 0.2) is 0 Å². The largest absolute Gasteiger partial charge is 0.396 e. The van der Waals surface area contributed by atoms with Crippen LogP contribution in [0.2, 0.25) is 0 Å². The second-order valence-corrected chi connectivity index (χ2v) is 2.33. The van der Waals surface area contributed by atoms with Crippen molar-refractivity contribution >= 4 is 0 Å². The Balaban J connectivity index is 0.